The van der Waals surface area contributed by atoms with Crippen LogP contribution >= 0.6 is 0 Å². The number of aromatic amines is 1. The number of piperidine rings is 3. The molecule has 0 spiro atoms. The highest BCUT2D eigenvalue weighted by Crippen LogP contribution is 2.27. The van der Waals surface area contributed by atoms with Crippen molar-refractivity contribution in [2.24, 2.45) is 0 Å². The summed E-state index contributed by atoms with van der Waals surface area (Å²) in [5, 5.41) is 5.76. The van der Waals surface area contributed by atoms with Crippen molar-refractivity contribution in [2.45, 2.75) is 109 Å². The second-order valence-electron chi connectivity index (χ2n) is 17.1. The summed E-state index contributed by atoms with van der Waals surface area (Å²) in [5.41, 5.74) is 4.42. The summed E-state index contributed by atoms with van der Waals surface area (Å²) in [6, 6.07) is 15.5. The van der Waals surface area contributed by atoms with E-state index in [1.807, 2.05) is 59.2 Å². The lowest BCUT2D eigenvalue weighted by atomic mass is 9.98. The van der Waals surface area contributed by atoms with Gasteiger partial charge in [-0.3, -0.25) is 9.36 Å². The number of nitrogens with one attached hydrogen (secondary N) is 1. The van der Waals surface area contributed by atoms with Crippen LogP contribution in [0.3, 0.4) is 0 Å². The van der Waals surface area contributed by atoms with E-state index in [1.165, 1.54) is 19.3 Å². The van der Waals surface area contributed by atoms with Crippen molar-refractivity contribution in [3.63, 3.8) is 0 Å². The summed E-state index contributed by atoms with van der Waals surface area (Å²) in [6.07, 6.45) is 9.64. The molecule has 7 rings (SSSR count). The molecule has 0 aliphatic carbocycles. The number of carbonyl (C=O) groups excluding carboxylic acids is 2. The van der Waals surface area contributed by atoms with Gasteiger partial charge in [0.05, 0.1) is 11.2 Å². The third-order valence-electron chi connectivity index (χ3n) is 11.7. The van der Waals surface area contributed by atoms with Gasteiger partial charge in [-0.1, -0.05) is 62.5 Å². The van der Waals surface area contributed by atoms with Crippen molar-refractivity contribution < 1.29 is 19.1 Å². The average Bonchev–Trinajstić information content (AvgIpc) is 3.80. The largest absolute Gasteiger partial charge is 0.436 e. The first-order chi connectivity index (χ1) is 26.5. The Bertz CT molecular complexity index is 1960. The van der Waals surface area contributed by atoms with Crippen LogP contribution in [0.25, 0.3) is 22.2 Å². The summed E-state index contributed by atoms with van der Waals surface area (Å²) in [7, 11) is -1.19. The highest BCUT2D eigenvalue weighted by molar-refractivity contribution is 6.76. The number of carbonyl (C=O) groups is 2. The SMILES string of the molecule is Cc1cc(CC(OC(=O)N2CCC(n3cc(-c4ccccc4)[nH]c3=O)CC2)C(=O)N2CCC(N3CCCCC3)CC2)cc2cn(COCC[Si](C)(C)C)nc12. The van der Waals surface area contributed by atoms with E-state index in [2.05, 4.69) is 41.7 Å². The number of H-pyrrole nitrogens is 1. The standard InChI is InChI=1S/C42H59N7O5Si/c1-31-25-32(26-34-28-48(44-39(31)34)30-53-23-24-55(2,3)4)27-38(40(50)46-19-13-35(14-20-46)45-17-9-6-10-18-45)54-42(52)47-21-15-36(16-22-47)49-29-37(43-41(49)51)33-11-7-5-8-12-33/h5,7-8,11-12,25-26,28-29,35-36,38H,6,9-10,13-24,27,30H2,1-4H3,(H,43,51). The fourth-order valence-corrected chi connectivity index (χ4v) is 9.21. The topological polar surface area (TPSA) is 118 Å². The van der Waals surface area contributed by atoms with E-state index in [-0.39, 0.29) is 24.1 Å². The number of likely N-dealkylation sites (tertiary alicyclic amines) is 3. The summed E-state index contributed by atoms with van der Waals surface area (Å²) >= 11 is 0. The molecule has 1 unspecified atom stereocenters. The number of amides is 2. The molecule has 2 aromatic heterocycles. The van der Waals surface area contributed by atoms with Gasteiger partial charge in [0.25, 0.3) is 5.91 Å². The van der Waals surface area contributed by atoms with Crippen LogP contribution in [0.2, 0.25) is 25.7 Å². The number of hydrogen-bond acceptors (Lipinski definition) is 7. The molecule has 2 amide bonds. The first kappa shape index (κ1) is 39.0. The van der Waals surface area contributed by atoms with Crippen LogP contribution in [-0.2, 0) is 27.4 Å². The van der Waals surface area contributed by atoms with Gasteiger partial charge >= 0.3 is 11.8 Å². The maximum atomic E-state index is 14.3. The van der Waals surface area contributed by atoms with E-state index < -0.39 is 20.3 Å². The van der Waals surface area contributed by atoms with E-state index >= 15 is 0 Å². The monoisotopic (exact) mass is 769 g/mol. The molecule has 5 heterocycles. The third kappa shape index (κ3) is 9.79. The minimum absolute atomic E-state index is 0.0368. The fraction of sp³-hybridized carbons (Fsp3) is 0.571. The number of ether oxygens (including phenoxy) is 2. The highest BCUT2D eigenvalue weighted by atomic mass is 28.3. The highest BCUT2D eigenvalue weighted by Gasteiger charge is 2.35. The molecule has 0 saturated carbocycles. The Hall–Kier alpha value is -4.20. The fourth-order valence-electron chi connectivity index (χ4n) is 8.46. The van der Waals surface area contributed by atoms with E-state index in [1.54, 1.807) is 9.47 Å². The van der Waals surface area contributed by atoms with Crippen molar-refractivity contribution >= 4 is 31.0 Å². The normalized spacial score (nSPS) is 18.5. The van der Waals surface area contributed by atoms with Crippen molar-refractivity contribution in [3.8, 4) is 11.3 Å². The zero-order valence-electron chi connectivity index (χ0n) is 33.2. The van der Waals surface area contributed by atoms with Crippen LogP contribution in [0.15, 0.2) is 59.7 Å². The minimum Gasteiger partial charge on any atom is -0.436 e. The Balaban J connectivity index is 1.03. The smallest absolute Gasteiger partial charge is 0.410 e. The molecule has 1 N–H and O–H groups in total. The number of nitrogens with zero attached hydrogens (tertiary/aromatic N) is 6. The third-order valence-corrected chi connectivity index (χ3v) is 13.4. The van der Waals surface area contributed by atoms with Crippen molar-refractivity contribution in [3.05, 3.63) is 76.5 Å². The zero-order valence-corrected chi connectivity index (χ0v) is 34.2. The Morgan fingerprint density at radius 1 is 0.891 bits per heavy atom. The molecule has 296 valence electrons. The Morgan fingerprint density at radius 2 is 1.58 bits per heavy atom. The molecular formula is C42H59N7O5Si. The van der Waals surface area contributed by atoms with Gasteiger partial charge in [-0.2, -0.15) is 5.10 Å². The summed E-state index contributed by atoms with van der Waals surface area (Å²) < 4.78 is 15.8. The van der Waals surface area contributed by atoms with Crippen molar-refractivity contribution in [1.29, 1.82) is 0 Å². The van der Waals surface area contributed by atoms with Gasteiger partial charge < -0.3 is 29.2 Å². The number of aromatic nitrogens is 4. The maximum absolute atomic E-state index is 14.3. The summed E-state index contributed by atoms with van der Waals surface area (Å²) in [6.45, 7) is 14.7. The van der Waals surface area contributed by atoms with Crippen LogP contribution in [0, 0.1) is 6.92 Å². The molecule has 55 heavy (non-hydrogen) atoms. The molecule has 3 aliphatic rings. The van der Waals surface area contributed by atoms with E-state index in [9.17, 15) is 14.4 Å². The lowest BCUT2D eigenvalue weighted by molar-refractivity contribution is -0.142. The Kier molecular flexibility index (Phi) is 12.3. The molecule has 0 radical (unpaired) electrons. The molecule has 1 atom stereocenters. The Morgan fingerprint density at radius 3 is 2.29 bits per heavy atom. The number of benzene rings is 2. The lowest BCUT2D eigenvalue weighted by Gasteiger charge is -2.41. The van der Waals surface area contributed by atoms with Crippen molar-refractivity contribution in [1.82, 2.24) is 34.0 Å². The first-order valence-electron chi connectivity index (χ1n) is 20.4. The second kappa shape index (κ2) is 17.3. The predicted octanol–water partition coefficient (Wildman–Crippen LogP) is 6.68. The molecular weight excluding hydrogens is 711 g/mol. The Labute approximate surface area is 325 Å². The molecule has 12 nitrogen and oxygen atoms in total. The van der Waals surface area contributed by atoms with Gasteiger partial charge in [0, 0.05) is 77.1 Å². The van der Waals surface area contributed by atoms with Crippen LogP contribution in [0.1, 0.15) is 62.1 Å². The zero-order chi connectivity index (χ0) is 38.5. The second-order valence-corrected chi connectivity index (χ2v) is 22.7. The van der Waals surface area contributed by atoms with E-state index in [0.29, 0.717) is 51.8 Å². The summed E-state index contributed by atoms with van der Waals surface area (Å²) in [4.78, 5) is 50.3. The quantitative estimate of drug-likeness (QED) is 0.126. The van der Waals surface area contributed by atoms with Gasteiger partial charge in [0.2, 0.25) is 0 Å². The maximum Gasteiger partial charge on any atom is 0.410 e. The molecule has 3 saturated heterocycles. The van der Waals surface area contributed by atoms with Crippen LogP contribution in [0.4, 0.5) is 4.79 Å². The van der Waals surface area contributed by atoms with Crippen LogP contribution < -0.4 is 5.69 Å². The number of hydrogen-bond donors (Lipinski definition) is 1. The number of rotatable bonds is 12. The summed E-state index contributed by atoms with van der Waals surface area (Å²) in [5.74, 6) is -0.128. The molecule has 3 aliphatic heterocycles. The van der Waals surface area contributed by atoms with Crippen molar-refractivity contribution in [2.75, 3.05) is 45.9 Å². The van der Waals surface area contributed by atoms with Gasteiger partial charge in [-0.15, -0.1) is 0 Å². The molecule has 2 aromatic carbocycles. The number of imidazole rings is 1. The molecule has 4 aromatic rings. The van der Waals surface area contributed by atoms with E-state index in [4.69, 9.17) is 14.6 Å². The molecule has 0 bridgehead atoms. The lowest BCUT2D eigenvalue weighted by Crippen LogP contribution is -2.52. The van der Waals surface area contributed by atoms with Crippen LogP contribution in [0.5, 0.6) is 0 Å². The number of fused-ring (bicyclic) bond motifs is 1. The van der Waals surface area contributed by atoms with Gasteiger partial charge in [-0.25, -0.2) is 14.3 Å². The molecule has 3 fully saturated rings. The van der Waals surface area contributed by atoms with Crippen LogP contribution in [-0.4, -0.2) is 112 Å². The minimum atomic E-state index is -1.19. The van der Waals surface area contributed by atoms with Gasteiger partial charge in [0.15, 0.2) is 6.10 Å². The van der Waals surface area contributed by atoms with E-state index in [0.717, 1.165) is 71.9 Å². The number of aryl methyl sites for hydroxylation is 1. The molecule has 13 heteroatoms. The first-order valence-corrected chi connectivity index (χ1v) is 24.1. The van der Waals surface area contributed by atoms with Gasteiger partial charge in [0.1, 0.15) is 6.73 Å². The average molecular weight is 770 g/mol. The van der Waals surface area contributed by atoms with Gasteiger partial charge in [-0.05, 0) is 87.3 Å². The predicted molar refractivity (Wildman–Crippen MR) is 218 cm³/mol.